The van der Waals surface area contributed by atoms with Gasteiger partial charge in [-0.15, -0.1) is 0 Å². The Hall–Kier alpha value is -2.44. The van der Waals surface area contributed by atoms with Crippen molar-refractivity contribution in [1.82, 2.24) is 4.57 Å². The fourth-order valence-corrected chi connectivity index (χ4v) is 3.61. The van der Waals surface area contributed by atoms with Gasteiger partial charge in [0.05, 0.1) is 38.8 Å². The van der Waals surface area contributed by atoms with Gasteiger partial charge in [-0.1, -0.05) is 11.6 Å². The van der Waals surface area contributed by atoms with E-state index in [1.54, 1.807) is 23.8 Å². The van der Waals surface area contributed by atoms with Crippen molar-refractivity contribution in [1.29, 1.82) is 0 Å². The minimum Gasteiger partial charge on any atom is -0.497 e. The van der Waals surface area contributed by atoms with Crippen LogP contribution in [0.2, 0.25) is 5.02 Å². The van der Waals surface area contributed by atoms with Crippen LogP contribution in [0.4, 0.5) is 5.69 Å². The molecule has 0 saturated carbocycles. The van der Waals surface area contributed by atoms with Crippen molar-refractivity contribution in [3.8, 4) is 5.75 Å². The number of fused-ring (bicyclic) bond motifs is 1. The third-order valence-electron chi connectivity index (χ3n) is 4.92. The van der Waals surface area contributed by atoms with Gasteiger partial charge >= 0.3 is 5.76 Å². The van der Waals surface area contributed by atoms with E-state index in [1.807, 2.05) is 18.2 Å². The normalized spacial score (nSPS) is 15.5. The van der Waals surface area contributed by atoms with E-state index in [-0.39, 0.29) is 5.76 Å². The lowest BCUT2D eigenvalue weighted by molar-refractivity contribution is -0.923. The number of piperazine rings is 1. The third-order valence-corrected chi connectivity index (χ3v) is 5.16. The lowest BCUT2D eigenvalue weighted by Crippen LogP contribution is -3.14. The zero-order valence-electron chi connectivity index (χ0n) is 14.6. The van der Waals surface area contributed by atoms with E-state index in [2.05, 4.69) is 17.0 Å². The molecule has 1 fully saturated rings. The Morgan fingerprint density at radius 1 is 1.15 bits per heavy atom. The molecule has 0 atom stereocenters. The maximum Gasteiger partial charge on any atom is 0.424 e. The SMILES string of the molecule is COc1ccc(N2CC[NH+](Cn3c(=O)oc4cc(Cl)ccc43)CC2)cc1. The molecule has 0 amide bonds. The van der Waals surface area contributed by atoms with Crippen LogP contribution in [-0.4, -0.2) is 37.9 Å². The molecular formula is C19H21ClN3O3+. The maximum atomic E-state index is 12.2. The molecule has 0 unspecified atom stereocenters. The monoisotopic (exact) mass is 374 g/mol. The van der Waals surface area contributed by atoms with Crippen molar-refractivity contribution >= 4 is 28.4 Å². The van der Waals surface area contributed by atoms with Gasteiger partial charge in [0.25, 0.3) is 0 Å². The highest BCUT2D eigenvalue weighted by atomic mass is 35.5. The molecule has 4 rings (SSSR count). The van der Waals surface area contributed by atoms with Crippen LogP contribution in [-0.2, 0) is 6.67 Å². The Labute approximate surface area is 156 Å². The molecule has 2 aromatic carbocycles. The van der Waals surface area contributed by atoms with Gasteiger partial charge < -0.3 is 19.0 Å². The number of anilines is 1. The van der Waals surface area contributed by atoms with Gasteiger partial charge in [0.2, 0.25) is 0 Å². The molecule has 1 aliphatic heterocycles. The van der Waals surface area contributed by atoms with Gasteiger partial charge in [0, 0.05) is 16.8 Å². The van der Waals surface area contributed by atoms with Crippen molar-refractivity contribution in [3.05, 3.63) is 58.0 Å². The average Bonchev–Trinajstić information content (AvgIpc) is 2.97. The summed E-state index contributed by atoms with van der Waals surface area (Å²) in [6, 6.07) is 13.4. The number of nitrogens with zero attached hydrogens (tertiary/aromatic N) is 2. The molecule has 1 aliphatic rings. The number of ether oxygens (including phenoxy) is 1. The van der Waals surface area contributed by atoms with Gasteiger partial charge in [0.15, 0.2) is 12.3 Å². The molecule has 3 aromatic rings. The van der Waals surface area contributed by atoms with Crippen LogP contribution in [0, 0.1) is 0 Å². The van der Waals surface area contributed by atoms with Crippen LogP contribution < -0.4 is 20.3 Å². The standard InChI is InChI=1S/C19H20ClN3O3/c1-25-16-5-3-15(4-6-16)22-10-8-21(9-11-22)13-23-17-7-2-14(20)12-18(17)26-19(23)24/h2-7,12H,8-11,13H2,1H3/p+1. The first-order valence-corrected chi connectivity index (χ1v) is 9.03. The first-order valence-electron chi connectivity index (χ1n) is 8.65. The summed E-state index contributed by atoms with van der Waals surface area (Å²) in [7, 11) is 1.67. The molecule has 0 bridgehead atoms. The second-order valence-electron chi connectivity index (χ2n) is 6.50. The first kappa shape index (κ1) is 17.0. The summed E-state index contributed by atoms with van der Waals surface area (Å²) in [5.41, 5.74) is 2.54. The molecule has 7 heteroatoms. The summed E-state index contributed by atoms with van der Waals surface area (Å²) in [6.07, 6.45) is 0. The number of methoxy groups -OCH3 is 1. The molecule has 0 radical (unpaired) electrons. The van der Waals surface area contributed by atoms with Crippen LogP contribution in [0.1, 0.15) is 0 Å². The van der Waals surface area contributed by atoms with E-state index in [1.165, 1.54) is 10.6 Å². The Kier molecular flexibility index (Phi) is 4.61. The number of nitrogens with one attached hydrogen (secondary N) is 1. The average molecular weight is 375 g/mol. The molecule has 0 aliphatic carbocycles. The second kappa shape index (κ2) is 7.05. The summed E-state index contributed by atoms with van der Waals surface area (Å²) in [5, 5.41) is 0.568. The first-order chi connectivity index (χ1) is 12.6. The Bertz CT molecular complexity index is 956. The highest BCUT2D eigenvalue weighted by molar-refractivity contribution is 6.31. The molecule has 136 valence electrons. The van der Waals surface area contributed by atoms with Gasteiger partial charge in [-0.25, -0.2) is 9.36 Å². The highest BCUT2D eigenvalue weighted by Gasteiger charge is 2.22. The largest absolute Gasteiger partial charge is 0.497 e. The predicted octanol–water partition coefficient (Wildman–Crippen LogP) is 1.62. The van der Waals surface area contributed by atoms with E-state index < -0.39 is 0 Å². The summed E-state index contributed by atoms with van der Waals surface area (Å²) >= 11 is 5.98. The van der Waals surface area contributed by atoms with E-state index in [0.717, 1.165) is 37.4 Å². The van der Waals surface area contributed by atoms with E-state index >= 15 is 0 Å². The number of benzene rings is 2. The van der Waals surface area contributed by atoms with Crippen LogP contribution in [0.15, 0.2) is 51.7 Å². The molecule has 26 heavy (non-hydrogen) atoms. The van der Waals surface area contributed by atoms with E-state index in [4.69, 9.17) is 20.8 Å². The number of oxazole rings is 1. The number of quaternary nitrogens is 1. The predicted molar refractivity (Wildman–Crippen MR) is 101 cm³/mol. The summed E-state index contributed by atoms with van der Waals surface area (Å²) < 4.78 is 12.2. The summed E-state index contributed by atoms with van der Waals surface area (Å²) in [4.78, 5) is 15.9. The molecule has 1 aromatic heterocycles. The third kappa shape index (κ3) is 3.30. The zero-order chi connectivity index (χ0) is 18.1. The van der Waals surface area contributed by atoms with Crippen LogP contribution in [0.5, 0.6) is 5.75 Å². The Balaban J connectivity index is 1.44. The van der Waals surface area contributed by atoms with Crippen LogP contribution in [0.25, 0.3) is 11.1 Å². The maximum absolute atomic E-state index is 12.2. The van der Waals surface area contributed by atoms with Crippen molar-refractivity contribution in [2.24, 2.45) is 0 Å². The fraction of sp³-hybridized carbons (Fsp3) is 0.316. The molecule has 2 heterocycles. The smallest absolute Gasteiger partial charge is 0.424 e. The Morgan fingerprint density at radius 2 is 1.88 bits per heavy atom. The molecule has 1 N–H and O–H groups in total. The fourth-order valence-electron chi connectivity index (χ4n) is 3.45. The molecule has 1 saturated heterocycles. The number of rotatable bonds is 4. The quantitative estimate of drug-likeness (QED) is 0.754. The Morgan fingerprint density at radius 3 is 2.58 bits per heavy atom. The highest BCUT2D eigenvalue weighted by Crippen LogP contribution is 2.19. The molecule has 6 nitrogen and oxygen atoms in total. The second-order valence-corrected chi connectivity index (χ2v) is 6.94. The van der Waals surface area contributed by atoms with E-state index in [0.29, 0.717) is 17.3 Å². The number of aromatic nitrogens is 1. The lowest BCUT2D eigenvalue weighted by atomic mass is 10.2. The van der Waals surface area contributed by atoms with Crippen molar-refractivity contribution in [3.63, 3.8) is 0 Å². The minimum absolute atomic E-state index is 0.327. The van der Waals surface area contributed by atoms with Crippen LogP contribution >= 0.6 is 11.6 Å². The molecule has 0 spiro atoms. The zero-order valence-corrected chi connectivity index (χ0v) is 15.3. The minimum atomic E-state index is -0.327. The van der Waals surface area contributed by atoms with E-state index in [9.17, 15) is 4.79 Å². The summed E-state index contributed by atoms with van der Waals surface area (Å²) in [5.74, 6) is 0.539. The number of halogens is 1. The lowest BCUT2D eigenvalue weighted by Gasteiger charge is -2.33. The topological polar surface area (TPSA) is 52.0 Å². The van der Waals surface area contributed by atoms with Gasteiger partial charge in [-0.05, 0) is 36.4 Å². The van der Waals surface area contributed by atoms with Crippen molar-refractivity contribution < 1.29 is 14.1 Å². The number of hydrogen-bond acceptors (Lipinski definition) is 4. The van der Waals surface area contributed by atoms with Crippen molar-refractivity contribution in [2.45, 2.75) is 6.67 Å². The van der Waals surface area contributed by atoms with Gasteiger partial charge in [-0.3, -0.25) is 0 Å². The van der Waals surface area contributed by atoms with Crippen molar-refractivity contribution in [2.75, 3.05) is 38.2 Å². The van der Waals surface area contributed by atoms with Gasteiger partial charge in [0.1, 0.15) is 5.75 Å². The van der Waals surface area contributed by atoms with Crippen LogP contribution in [0.3, 0.4) is 0 Å². The molecular weight excluding hydrogens is 354 g/mol. The van der Waals surface area contributed by atoms with Gasteiger partial charge in [-0.2, -0.15) is 0 Å². The number of hydrogen-bond donors (Lipinski definition) is 1. The summed E-state index contributed by atoms with van der Waals surface area (Å²) in [6.45, 7) is 4.40.